The lowest BCUT2D eigenvalue weighted by atomic mass is 10.1. The molecule has 1 saturated carbocycles. The highest BCUT2D eigenvalue weighted by Gasteiger charge is 2.59. The minimum absolute atomic E-state index is 0.0412. The van der Waals surface area contributed by atoms with Crippen LogP contribution in [-0.2, 0) is 4.79 Å². The molecule has 20 heavy (non-hydrogen) atoms. The first-order chi connectivity index (χ1) is 9.55. The Morgan fingerprint density at radius 1 is 1.50 bits per heavy atom. The van der Waals surface area contributed by atoms with Crippen LogP contribution in [0, 0.1) is 6.92 Å². The Bertz CT molecular complexity index is 527. The van der Waals surface area contributed by atoms with Gasteiger partial charge in [0, 0.05) is 11.8 Å². The van der Waals surface area contributed by atoms with Crippen molar-refractivity contribution in [1.29, 1.82) is 0 Å². The molecule has 2 fully saturated rings. The van der Waals surface area contributed by atoms with Crippen molar-refractivity contribution in [3.63, 3.8) is 0 Å². The number of nitrogens with zero attached hydrogens (tertiary/aromatic N) is 1. The van der Waals surface area contributed by atoms with E-state index in [4.69, 9.17) is 0 Å². The first kappa shape index (κ1) is 14.0. The van der Waals surface area contributed by atoms with Gasteiger partial charge in [-0.15, -0.1) is 0 Å². The first-order valence-electron chi connectivity index (χ1n) is 7.24. The predicted molar refractivity (Wildman–Crippen MR) is 83.7 cm³/mol. The summed E-state index contributed by atoms with van der Waals surface area (Å²) in [6, 6.07) is 8.48. The lowest BCUT2D eigenvalue weighted by Crippen LogP contribution is -2.36. The summed E-state index contributed by atoms with van der Waals surface area (Å²) in [4.78, 5) is 14.7. The Morgan fingerprint density at radius 2 is 2.25 bits per heavy atom. The summed E-state index contributed by atoms with van der Waals surface area (Å²) < 4.78 is 0. The number of hydrogen-bond donors (Lipinski definition) is 1. The first-order valence-corrected chi connectivity index (χ1v) is 8.53. The van der Waals surface area contributed by atoms with Crippen LogP contribution in [0.5, 0.6) is 0 Å². The number of benzene rings is 1. The van der Waals surface area contributed by atoms with Crippen molar-refractivity contribution in [2.75, 3.05) is 12.8 Å². The van der Waals surface area contributed by atoms with Gasteiger partial charge in [0.1, 0.15) is 11.7 Å². The summed E-state index contributed by atoms with van der Waals surface area (Å²) in [5, 5.41) is 4.04. The fraction of sp³-hybridized carbons (Fsp3) is 0.562. The van der Waals surface area contributed by atoms with E-state index in [9.17, 15) is 4.79 Å². The van der Waals surface area contributed by atoms with E-state index in [2.05, 4.69) is 49.7 Å². The van der Waals surface area contributed by atoms with E-state index in [1.165, 1.54) is 11.1 Å². The maximum absolute atomic E-state index is 12.7. The number of carbonyl (C=O) groups is 1. The molecule has 108 valence electrons. The van der Waals surface area contributed by atoms with Gasteiger partial charge in [-0.25, -0.2) is 0 Å². The predicted octanol–water partition coefficient (Wildman–Crippen LogP) is 2.71. The zero-order valence-electron chi connectivity index (χ0n) is 12.3. The maximum atomic E-state index is 12.7. The lowest BCUT2D eigenvalue weighted by Gasteiger charge is -2.27. The van der Waals surface area contributed by atoms with Crippen LogP contribution in [0.15, 0.2) is 24.3 Å². The van der Waals surface area contributed by atoms with Crippen molar-refractivity contribution in [3.8, 4) is 0 Å². The van der Waals surface area contributed by atoms with Gasteiger partial charge in [0.25, 0.3) is 0 Å². The summed E-state index contributed by atoms with van der Waals surface area (Å²) in [5.74, 6) is 0.296. The molecule has 1 aliphatic heterocycles. The number of amides is 1. The molecule has 3 rings (SSSR count). The molecule has 1 N–H and O–H groups in total. The van der Waals surface area contributed by atoms with Crippen LogP contribution in [0.25, 0.3) is 0 Å². The second-order valence-electron chi connectivity index (χ2n) is 6.05. The Kier molecular flexibility index (Phi) is 3.55. The number of hydrogen-bond acceptors (Lipinski definition) is 3. The second-order valence-corrected chi connectivity index (χ2v) is 7.32. The molecule has 0 radical (unpaired) electrons. The SMILES string of the molecule is CSC(C)CN1C(=O)C2(CC2)NC1c1cccc(C)c1. The Labute approximate surface area is 125 Å². The molecule has 2 atom stereocenters. The molecule has 0 bridgehead atoms. The van der Waals surface area contributed by atoms with Gasteiger partial charge in [-0.2, -0.15) is 11.8 Å². The Hall–Kier alpha value is -1.00. The van der Waals surface area contributed by atoms with E-state index in [1.807, 2.05) is 16.7 Å². The number of nitrogens with one attached hydrogen (secondary N) is 1. The molecule has 1 spiro atoms. The van der Waals surface area contributed by atoms with Crippen molar-refractivity contribution in [2.45, 2.75) is 43.6 Å². The quantitative estimate of drug-likeness (QED) is 0.925. The highest BCUT2D eigenvalue weighted by molar-refractivity contribution is 7.99. The molecule has 1 aromatic carbocycles. The van der Waals surface area contributed by atoms with Crippen molar-refractivity contribution in [3.05, 3.63) is 35.4 Å². The van der Waals surface area contributed by atoms with E-state index >= 15 is 0 Å². The molecule has 1 aromatic rings. The standard InChI is InChI=1S/C16H22N2OS/c1-11-5-4-6-13(9-11)14-17-16(7-8-16)15(19)18(14)10-12(2)20-3/h4-6,9,12,14,17H,7-8,10H2,1-3H3. The molecule has 3 nitrogen and oxygen atoms in total. The van der Waals surface area contributed by atoms with Crippen molar-refractivity contribution in [2.24, 2.45) is 0 Å². The summed E-state index contributed by atoms with van der Waals surface area (Å²) in [5.41, 5.74) is 2.20. The van der Waals surface area contributed by atoms with Crippen LogP contribution in [-0.4, -0.2) is 34.4 Å². The molecular formula is C16H22N2OS. The molecule has 1 aliphatic carbocycles. The third-order valence-corrected chi connectivity index (χ3v) is 5.31. The summed E-state index contributed by atoms with van der Waals surface area (Å²) in [7, 11) is 0. The number of rotatable bonds is 4. The second kappa shape index (κ2) is 5.08. The molecule has 1 heterocycles. The van der Waals surface area contributed by atoms with Crippen LogP contribution < -0.4 is 5.32 Å². The normalized spacial score (nSPS) is 25.2. The van der Waals surface area contributed by atoms with Crippen molar-refractivity contribution in [1.82, 2.24) is 10.2 Å². The average molecular weight is 290 g/mol. The van der Waals surface area contributed by atoms with Crippen molar-refractivity contribution >= 4 is 17.7 Å². The van der Waals surface area contributed by atoms with E-state index in [1.54, 1.807) is 0 Å². The van der Waals surface area contributed by atoms with Gasteiger partial charge < -0.3 is 4.90 Å². The van der Waals surface area contributed by atoms with Crippen LogP contribution in [0.2, 0.25) is 0 Å². The average Bonchev–Trinajstić information content (AvgIpc) is 3.17. The van der Waals surface area contributed by atoms with Crippen LogP contribution in [0.4, 0.5) is 0 Å². The van der Waals surface area contributed by atoms with Gasteiger partial charge in [-0.1, -0.05) is 36.8 Å². The van der Waals surface area contributed by atoms with Gasteiger partial charge in [0.15, 0.2) is 0 Å². The van der Waals surface area contributed by atoms with Gasteiger partial charge in [0.05, 0.1) is 0 Å². The Balaban J connectivity index is 1.89. The van der Waals surface area contributed by atoms with Gasteiger partial charge in [0.2, 0.25) is 5.91 Å². The summed E-state index contributed by atoms with van der Waals surface area (Å²) >= 11 is 1.81. The van der Waals surface area contributed by atoms with E-state index in [-0.39, 0.29) is 11.7 Å². The maximum Gasteiger partial charge on any atom is 0.244 e. The zero-order chi connectivity index (χ0) is 14.3. The molecule has 0 aromatic heterocycles. The fourth-order valence-electron chi connectivity index (χ4n) is 2.92. The summed E-state index contributed by atoms with van der Waals surface area (Å²) in [6.45, 7) is 5.10. The molecule has 1 saturated heterocycles. The molecule has 2 unspecified atom stereocenters. The minimum Gasteiger partial charge on any atom is -0.320 e. The third-order valence-electron chi connectivity index (χ3n) is 4.36. The largest absolute Gasteiger partial charge is 0.320 e. The lowest BCUT2D eigenvalue weighted by molar-refractivity contribution is -0.130. The topological polar surface area (TPSA) is 32.3 Å². The molecule has 2 aliphatic rings. The van der Waals surface area contributed by atoms with E-state index in [0.717, 1.165) is 19.4 Å². The summed E-state index contributed by atoms with van der Waals surface area (Å²) in [6.07, 6.45) is 4.11. The number of carbonyl (C=O) groups excluding carboxylic acids is 1. The zero-order valence-corrected chi connectivity index (χ0v) is 13.2. The monoisotopic (exact) mass is 290 g/mol. The van der Waals surface area contributed by atoms with Crippen LogP contribution >= 0.6 is 11.8 Å². The van der Waals surface area contributed by atoms with Crippen LogP contribution in [0.3, 0.4) is 0 Å². The number of thioether (sulfide) groups is 1. The molecule has 1 amide bonds. The number of aryl methyl sites for hydroxylation is 1. The molecule has 4 heteroatoms. The Morgan fingerprint density at radius 3 is 2.85 bits per heavy atom. The van der Waals surface area contributed by atoms with Gasteiger partial charge in [-0.05, 0) is 31.6 Å². The van der Waals surface area contributed by atoms with Crippen molar-refractivity contribution < 1.29 is 4.79 Å². The van der Waals surface area contributed by atoms with Gasteiger partial charge >= 0.3 is 0 Å². The van der Waals surface area contributed by atoms with E-state index < -0.39 is 0 Å². The smallest absolute Gasteiger partial charge is 0.244 e. The highest BCUT2D eigenvalue weighted by atomic mass is 32.2. The fourth-order valence-corrected chi connectivity index (χ4v) is 3.23. The molecular weight excluding hydrogens is 268 g/mol. The minimum atomic E-state index is -0.244. The third kappa shape index (κ3) is 2.35. The van der Waals surface area contributed by atoms with Crippen LogP contribution in [0.1, 0.15) is 37.1 Å². The van der Waals surface area contributed by atoms with E-state index in [0.29, 0.717) is 11.2 Å². The highest BCUT2D eigenvalue weighted by Crippen LogP contribution is 2.46. The van der Waals surface area contributed by atoms with Gasteiger partial charge in [-0.3, -0.25) is 10.1 Å².